The number of phenolic OH excluding ortho intramolecular Hbond substituents is 1. The third-order valence-electron chi connectivity index (χ3n) is 1.32. The number of aromatic hydroxyl groups is 1. The number of halogens is 1. The second-order valence-corrected chi connectivity index (χ2v) is 2.54. The number of benzene rings is 1. The second-order valence-electron chi connectivity index (χ2n) is 1.98. The summed E-state index contributed by atoms with van der Waals surface area (Å²) < 4.78 is 0. The van der Waals surface area contributed by atoms with Crippen LogP contribution in [-0.2, 0) is 5.33 Å². The zero-order valence-electron chi connectivity index (χ0n) is 5.34. The summed E-state index contributed by atoms with van der Waals surface area (Å²) in [5, 5.41) is 9.77. The molecule has 3 N–H and O–H groups in total. The van der Waals surface area contributed by atoms with Gasteiger partial charge in [-0.3, -0.25) is 0 Å². The number of nitrogen functional groups attached to an aromatic ring is 1. The van der Waals surface area contributed by atoms with Crippen LogP contribution in [0.3, 0.4) is 0 Å². The highest BCUT2D eigenvalue weighted by molar-refractivity contribution is 9.08. The van der Waals surface area contributed by atoms with Crippen LogP contribution in [0, 0.1) is 0 Å². The van der Waals surface area contributed by atoms with Crippen molar-refractivity contribution in [1.82, 2.24) is 0 Å². The zero-order valence-corrected chi connectivity index (χ0v) is 6.93. The molecule has 3 heteroatoms. The maximum absolute atomic E-state index is 9.18. The van der Waals surface area contributed by atoms with Crippen LogP contribution in [0.25, 0.3) is 0 Å². The molecule has 54 valence electrons. The van der Waals surface area contributed by atoms with Crippen molar-refractivity contribution in [3.8, 4) is 5.75 Å². The Morgan fingerprint density at radius 1 is 1.50 bits per heavy atom. The summed E-state index contributed by atoms with van der Waals surface area (Å²) >= 11 is 3.22. The van der Waals surface area contributed by atoms with Gasteiger partial charge in [-0.05, 0) is 12.1 Å². The lowest BCUT2D eigenvalue weighted by Crippen LogP contribution is -1.90. The maximum Gasteiger partial charge on any atom is 0.121 e. The minimum atomic E-state index is 0.247. The first-order valence-electron chi connectivity index (χ1n) is 2.88. The lowest BCUT2D eigenvalue weighted by molar-refractivity contribution is 0.471. The van der Waals surface area contributed by atoms with E-state index in [0.29, 0.717) is 11.0 Å². The van der Waals surface area contributed by atoms with Gasteiger partial charge >= 0.3 is 0 Å². The Labute approximate surface area is 67.8 Å². The van der Waals surface area contributed by atoms with Gasteiger partial charge in [-0.1, -0.05) is 22.0 Å². The van der Waals surface area contributed by atoms with Gasteiger partial charge in [-0.15, -0.1) is 0 Å². The molecule has 0 spiro atoms. The number of hydrogen-bond acceptors (Lipinski definition) is 2. The van der Waals surface area contributed by atoms with E-state index in [2.05, 4.69) is 15.9 Å². The van der Waals surface area contributed by atoms with Crippen LogP contribution in [-0.4, -0.2) is 5.11 Å². The van der Waals surface area contributed by atoms with Crippen LogP contribution in [0.4, 0.5) is 5.69 Å². The van der Waals surface area contributed by atoms with E-state index in [9.17, 15) is 5.11 Å². The summed E-state index contributed by atoms with van der Waals surface area (Å²) in [7, 11) is 0. The van der Waals surface area contributed by atoms with Crippen LogP contribution in [0.15, 0.2) is 18.2 Å². The maximum atomic E-state index is 9.18. The highest BCUT2D eigenvalue weighted by Gasteiger charge is 2.00. The fourth-order valence-electron chi connectivity index (χ4n) is 0.738. The van der Waals surface area contributed by atoms with E-state index in [1.807, 2.05) is 0 Å². The molecule has 1 rings (SSSR count). The fourth-order valence-corrected chi connectivity index (χ4v) is 1.35. The molecule has 0 amide bonds. The number of nitrogens with two attached hydrogens (primary N) is 1. The highest BCUT2D eigenvalue weighted by atomic mass is 79.9. The summed E-state index contributed by atoms with van der Waals surface area (Å²) in [6.45, 7) is 0. The molecule has 0 aromatic heterocycles. The average Bonchev–Trinajstić information content (AvgIpc) is 1.88. The van der Waals surface area contributed by atoms with Gasteiger partial charge in [0.2, 0.25) is 0 Å². The lowest BCUT2D eigenvalue weighted by Gasteiger charge is -2.02. The molecule has 0 aliphatic rings. The largest absolute Gasteiger partial charge is 0.508 e. The van der Waals surface area contributed by atoms with Crippen molar-refractivity contribution in [2.75, 3.05) is 5.73 Å². The molecule has 0 aliphatic heterocycles. The SMILES string of the molecule is Nc1cccc(O)c1CBr. The quantitative estimate of drug-likeness (QED) is 0.539. The van der Waals surface area contributed by atoms with Crippen LogP contribution in [0.5, 0.6) is 5.75 Å². The van der Waals surface area contributed by atoms with E-state index in [-0.39, 0.29) is 5.75 Å². The molecule has 0 unspecified atom stereocenters. The Kier molecular flexibility index (Phi) is 2.17. The van der Waals surface area contributed by atoms with E-state index in [0.717, 1.165) is 5.56 Å². The van der Waals surface area contributed by atoms with Gasteiger partial charge in [0.1, 0.15) is 5.75 Å². The summed E-state index contributed by atoms with van der Waals surface area (Å²) in [5.41, 5.74) is 6.92. The second kappa shape index (κ2) is 2.92. The van der Waals surface area contributed by atoms with E-state index in [1.54, 1.807) is 18.2 Å². The number of rotatable bonds is 1. The first-order valence-corrected chi connectivity index (χ1v) is 4.00. The third-order valence-corrected chi connectivity index (χ3v) is 1.88. The molecule has 0 bridgehead atoms. The van der Waals surface area contributed by atoms with Gasteiger partial charge < -0.3 is 10.8 Å². The minimum absolute atomic E-state index is 0.247. The monoisotopic (exact) mass is 201 g/mol. The molecule has 10 heavy (non-hydrogen) atoms. The number of anilines is 1. The predicted octanol–water partition coefficient (Wildman–Crippen LogP) is 1.87. The first-order chi connectivity index (χ1) is 4.75. The van der Waals surface area contributed by atoms with Crippen LogP contribution in [0.2, 0.25) is 0 Å². The van der Waals surface area contributed by atoms with Gasteiger partial charge in [-0.25, -0.2) is 0 Å². The van der Waals surface area contributed by atoms with E-state index in [1.165, 1.54) is 0 Å². The molecule has 0 radical (unpaired) electrons. The summed E-state index contributed by atoms with van der Waals surface area (Å²) in [6.07, 6.45) is 0. The van der Waals surface area contributed by atoms with Crippen molar-refractivity contribution in [3.05, 3.63) is 23.8 Å². The molecular formula is C7H8BrNO. The van der Waals surface area contributed by atoms with Gasteiger partial charge in [-0.2, -0.15) is 0 Å². The molecule has 0 atom stereocenters. The highest BCUT2D eigenvalue weighted by Crippen LogP contribution is 2.24. The van der Waals surface area contributed by atoms with Crippen LogP contribution >= 0.6 is 15.9 Å². The predicted molar refractivity (Wildman–Crippen MR) is 45.2 cm³/mol. The fraction of sp³-hybridized carbons (Fsp3) is 0.143. The molecule has 0 saturated carbocycles. The molecule has 0 aliphatic carbocycles. The number of hydrogen-bond donors (Lipinski definition) is 2. The minimum Gasteiger partial charge on any atom is -0.508 e. The van der Waals surface area contributed by atoms with Crippen molar-refractivity contribution >= 4 is 21.6 Å². The van der Waals surface area contributed by atoms with Gasteiger partial charge in [0.15, 0.2) is 0 Å². The molecule has 1 aromatic carbocycles. The van der Waals surface area contributed by atoms with Gasteiger partial charge in [0.25, 0.3) is 0 Å². The van der Waals surface area contributed by atoms with E-state index < -0.39 is 0 Å². The normalized spacial score (nSPS) is 9.70. The standard InChI is InChI=1S/C7H8BrNO/c8-4-5-6(9)2-1-3-7(5)10/h1-3,10H,4,9H2. The van der Waals surface area contributed by atoms with Gasteiger partial charge in [0, 0.05) is 16.6 Å². The Bertz CT molecular complexity index is 217. The smallest absolute Gasteiger partial charge is 0.121 e. The lowest BCUT2D eigenvalue weighted by atomic mass is 10.2. The molecular weight excluding hydrogens is 194 g/mol. The Morgan fingerprint density at radius 3 is 2.60 bits per heavy atom. The molecule has 0 saturated heterocycles. The van der Waals surface area contributed by atoms with E-state index in [4.69, 9.17) is 5.73 Å². The molecule has 1 aromatic rings. The third kappa shape index (κ3) is 1.24. The molecule has 0 heterocycles. The van der Waals surface area contributed by atoms with Crippen molar-refractivity contribution in [2.45, 2.75) is 5.33 Å². The average molecular weight is 202 g/mol. The van der Waals surface area contributed by atoms with E-state index >= 15 is 0 Å². The van der Waals surface area contributed by atoms with Crippen molar-refractivity contribution < 1.29 is 5.11 Å². The van der Waals surface area contributed by atoms with Crippen molar-refractivity contribution in [3.63, 3.8) is 0 Å². The molecule has 2 nitrogen and oxygen atoms in total. The summed E-state index contributed by atoms with van der Waals surface area (Å²) in [4.78, 5) is 0. The Morgan fingerprint density at radius 2 is 2.20 bits per heavy atom. The molecule has 0 fully saturated rings. The van der Waals surface area contributed by atoms with Crippen LogP contribution < -0.4 is 5.73 Å². The number of phenols is 1. The van der Waals surface area contributed by atoms with Crippen molar-refractivity contribution in [2.24, 2.45) is 0 Å². The first kappa shape index (κ1) is 7.41. The topological polar surface area (TPSA) is 46.2 Å². The van der Waals surface area contributed by atoms with Crippen LogP contribution in [0.1, 0.15) is 5.56 Å². The van der Waals surface area contributed by atoms with Gasteiger partial charge in [0.05, 0.1) is 0 Å². The Hall–Kier alpha value is -0.700. The summed E-state index contributed by atoms with van der Waals surface area (Å²) in [5.74, 6) is 0.247. The van der Waals surface area contributed by atoms with Crippen molar-refractivity contribution in [1.29, 1.82) is 0 Å². The summed E-state index contributed by atoms with van der Waals surface area (Å²) in [6, 6.07) is 5.10. The number of alkyl halides is 1. The Balaban J connectivity index is 3.17. The zero-order chi connectivity index (χ0) is 7.56.